The van der Waals surface area contributed by atoms with Crippen molar-refractivity contribution in [2.75, 3.05) is 19.8 Å². The van der Waals surface area contributed by atoms with E-state index in [0.717, 1.165) is 38.5 Å². The Balaban J connectivity index is 2.10. The molecule has 5 heteroatoms. The molecular weight excluding hydrogens is 368 g/mol. The van der Waals surface area contributed by atoms with Gasteiger partial charge in [-0.05, 0) is 79.1 Å². The van der Waals surface area contributed by atoms with Gasteiger partial charge in [0.25, 0.3) is 0 Å². The van der Waals surface area contributed by atoms with Crippen LogP contribution in [0.4, 0.5) is 0 Å². The van der Waals surface area contributed by atoms with Crippen molar-refractivity contribution in [1.82, 2.24) is 0 Å². The number of allylic oxidation sites excluding steroid dienone is 1. The zero-order valence-electron chi connectivity index (χ0n) is 19.0. The quantitative estimate of drug-likeness (QED) is 0.443. The molecule has 0 aromatic heterocycles. The van der Waals surface area contributed by atoms with Gasteiger partial charge in [0.05, 0.1) is 6.61 Å². The summed E-state index contributed by atoms with van der Waals surface area (Å²) in [5.41, 5.74) is 1.54. The largest absolute Gasteiger partial charge is 0.466 e. The predicted octanol–water partition coefficient (Wildman–Crippen LogP) is 4.67. The molecule has 1 fully saturated rings. The summed E-state index contributed by atoms with van der Waals surface area (Å²) in [6.45, 7) is 11.0. The van der Waals surface area contributed by atoms with Gasteiger partial charge in [-0.3, -0.25) is 9.59 Å². The van der Waals surface area contributed by atoms with E-state index in [4.69, 9.17) is 9.47 Å². The minimum Gasteiger partial charge on any atom is -0.466 e. The van der Waals surface area contributed by atoms with Crippen LogP contribution in [0.1, 0.15) is 79.6 Å². The van der Waals surface area contributed by atoms with Gasteiger partial charge in [0.1, 0.15) is 6.61 Å². The van der Waals surface area contributed by atoms with Gasteiger partial charge in [-0.1, -0.05) is 26.8 Å². The van der Waals surface area contributed by atoms with Crippen molar-refractivity contribution in [3.8, 4) is 0 Å². The second kappa shape index (κ2) is 10.1. The molecule has 0 aromatic carbocycles. The van der Waals surface area contributed by atoms with Crippen LogP contribution in [0.25, 0.3) is 0 Å². The summed E-state index contributed by atoms with van der Waals surface area (Å²) in [7, 11) is 0. The molecule has 2 rings (SSSR count). The summed E-state index contributed by atoms with van der Waals surface area (Å²) in [5.74, 6) is 0.830. The smallest absolute Gasteiger partial charge is 0.302 e. The Morgan fingerprint density at radius 1 is 1.17 bits per heavy atom. The second-order valence-electron chi connectivity index (χ2n) is 9.72. The van der Waals surface area contributed by atoms with E-state index in [9.17, 15) is 14.7 Å². The molecule has 5 nitrogen and oxygen atoms in total. The monoisotopic (exact) mass is 408 g/mol. The van der Waals surface area contributed by atoms with Crippen LogP contribution in [0.5, 0.6) is 0 Å². The van der Waals surface area contributed by atoms with Crippen LogP contribution in [0.2, 0.25) is 0 Å². The highest BCUT2D eigenvalue weighted by Crippen LogP contribution is 2.62. The highest BCUT2D eigenvalue weighted by Gasteiger charge is 2.53. The summed E-state index contributed by atoms with van der Waals surface area (Å²) in [6.07, 6.45) is 9.50. The zero-order valence-corrected chi connectivity index (χ0v) is 19.0. The fourth-order valence-corrected chi connectivity index (χ4v) is 5.82. The molecule has 1 saturated carbocycles. The van der Waals surface area contributed by atoms with Crippen molar-refractivity contribution in [3.63, 3.8) is 0 Å². The molecule has 2 aliphatic rings. The fourth-order valence-electron chi connectivity index (χ4n) is 5.82. The number of carbonyl (C=O) groups is 2. The Hall–Kier alpha value is -1.36. The molecule has 0 aliphatic heterocycles. The normalized spacial score (nSPS) is 32.7. The van der Waals surface area contributed by atoms with Gasteiger partial charge >= 0.3 is 11.9 Å². The third kappa shape index (κ3) is 5.62. The third-order valence-electron chi connectivity index (χ3n) is 7.98. The van der Waals surface area contributed by atoms with Crippen molar-refractivity contribution in [2.24, 2.45) is 28.6 Å². The third-order valence-corrected chi connectivity index (χ3v) is 7.98. The van der Waals surface area contributed by atoms with E-state index in [-0.39, 0.29) is 35.3 Å². The van der Waals surface area contributed by atoms with E-state index in [2.05, 4.69) is 26.8 Å². The van der Waals surface area contributed by atoms with Gasteiger partial charge in [-0.2, -0.15) is 0 Å². The molecule has 166 valence electrons. The van der Waals surface area contributed by atoms with E-state index < -0.39 is 0 Å². The zero-order chi connectivity index (χ0) is 21.7. The molecular formula is C24H40O5. The molecule has 29 heavy (non-hydrogen) atoms. The first-order valence-electron chi connectivity index (χ1n) is 11.2. The topological polar surface area (TPSA) is 72.8 Å². The average molecular weight is 409 g/mol. The van der Waals surface area contributed by atoms with Gasteiger partial charge in [0.15, 0.2) is 0 Å². The predicted molar refractivity (Wildman–Crippen MR) is 113 cm³/mol. The lowest BCUT2D eigenvalue weighted by Crippen LogP contribution is -2.50. The molecule has 0 amide bonds. The van der Waals surface area contributed by atoms with Crippen LogP contribution < -0.4 is 0 Å². The van der Waals surface area contributed by atoms with Crippen LogP contribution in [0.3, 0.4) is 0 Å². The van der Waals surface area contributed by atoms with Gasteiger partial charge in [0, 0.05) is 20.5 Å². The number of esters is 2. The number of hydrogen-bond donors (Lipinski definition) is 1. The summed E-state index contributed by atoms with van der Waals surface area (Å²) < 4.78 is 10.5. The number of rotatable bonds is 9. The molecule has 5 atom stereocenters. The SMILES string of the molecule is CC(=O)OCCC(CO)CCC1(C)C(C)CCC2(C)C(COC(C)=O)=CCCC21. The molecule has 0 saturated heterocycles. The van der Waals surface area contributed by atoms with E-state index in [1.165, 1.54) is 19.4 Å². The fraction of sp³-hybridized carbons (Fsp3) is 0.833. The van der Waals surface area contributed by atoms with Crippen molar-refractivity contribution >= 4 is 11.9 Å². The molecule has 0 heterocycles. The maximum absolute atomic E-state index is 11.4. The molecule has 0 radical (unpaired) electrons. The first kappa shape index (κ1) is 23.9. The van der Waals surface area contributed by atoms with Crippen LogP contribution in [-0.4, -0.2) is 36.9 Å². The summed E-state index contributed by atoms with van der Waals surface area (Å²) >= 11 is 0. The van der Waals surface area contributed by atoms with Gasteiger partial charge in [0.2, 0.25) is 0 Å². The molecule has 0 bridgehead atoms. The highest BCUT2D eigenvalue weighted by molar-refractivity contribution is 5.66. The standard InChI is InChI=1S/C24H40O5/c1-17-9-12-24(5)21(16-29-19(3)27)7-6-8-22(24)23(17,4)13-10-20(15-25)11-14-28-18(2)26/h7,17,20,22,25H,6,8-16H2,1-5H3. The van der Waals surface area contributed by atoms with Crippen LogP contribution in [0, 0.1) is 28.6 Å². The Kier molecular flexibility index (Phi) is 8.33. The molecule has 5 unspecified atom stereocenters. The Bertz CT molecular complexity index is 612. The van der Waals surface area contributed by atoms with Crippen LogP contribution in [0.15, 0.2) is 11.6 Å². The number of fused-ring (bicyclic) bond motifs is 1. The van der Waals surface area contributed by atoms with E-state index in [0.29, 0.717) is 31.5 Å². The second-order valence-corrected chi connectivity index (χ2v) is 9.72. The highest BCUT2D eigenvalue weighted by atomic mass is 16.5. The Morgan fingerprint density at radius 3 is 2.48 bits per heavy atom. The maximum atomic E-state index is 11.4. The lowest BCUT2D eigenvalue weighted by molar-refractivity contribution is -0.142. The number of carbonyl (C=O) groups excluding carboxylic acids is 2. The van der Waals surface area contributed by atoms with Crippen molar-refractivity contribution < 1.29 is 24.2 Å². The molecule has 1 N–H and O–H groups in total. The number of aliphatic hydroxyl groups excluding tert-OH is 1. The van der Waals surface area contributed by atoms with Crippen molar-refractivity contribution in [1.29, 1.82) is 0 Å². The van der Waals surface area contributed by atoms with Gasteiger partial charge in [-0.25, -0.2) is 0 Å². The summed E-state index contributed by atoms with van der Waals surface area (Å²) in [4.78, 5) is 22.4. The Labute approximate surface area is 176 Å². The van der Waals surface area contributed by atoms with E-state index >= 15 is 0 Å². The first-order chi connectivity index (χ1) is 13.6. The number of ether oxygens (including phenoxy) is 2. The number of hydrogen-bond acceptors (Lipinski definition) is 5. The average Bonchev–Trinajstić information content (AvgIpc) is 2.66. The first-order valence-corrected chi connectivity index (χ1v) is 11.2. The maximum Gasteiger partial charge on any atom is 0.302 e. The number of aliphatic hydroxyl groups is 1. The van der Waals surface area contributed by atoms with Crippen molar-refractivity contribution in [2.45, 2.75) is 79.6 Å². The summed E-state index contributed by atoms with van der Waals surface area (Å²) in [5, 5.41) is 9.82. The lowest BCUT2D eigenvalue weighted by atomic mass is 9.46. The van der Waals surface area contributed by atoms with Gasteiger partial charge in [-0.15, -0.1) is 0 Å². The lowest BCUT2D eigenvalue weighted by Gasteiger charge is -2.58. The molecule has 0 spiro atoms. The van der Waals surface area contributed by atoms with Crippen LogP contribution in [-0.2, 0) is 19.1 Å². The van der Waals surface area contributed by atoms with Crippen molar-refractivity contribution in [3.05, 3.63) is 11.6 Å². The van der Waals surface area contributed by atoms with E-state index in [1.807, 2.05) is 0 Å². The summed E-state index contributed by atoms with van der Waals surface area (Å²) in [6, 6.07) is 0. The van der Waals surface area contributed by atoms with Gasteiger partial charge < -0.3 is 14.6 Å². The molecule has 0 aromatic rings. The minimum atomic E-state index is -0.264. The van der Waals surface area contributed by atoms with E-state index in [1.54, 1.807) is 0 Å². The Morgan fingerprint density at radius 2 is 1.86 bits per heavy atom. The minimum absolute atomic E-state index is 0.0708. The van der Waals surface area contributed by atoms with Crippen LogP contribution >= 0.6 is 0 Å². The molecule has 2 aliphatic carbocycles.